The van der Waals surface area contributed by atoms with Crippen molar-refractivity contribution in [3.8, 4) is 0 Å². The van der Waals surface area contributed by atoms with E-state index in [0.717, 1.165) is 12.8 Å². The molecular formula is C40H80O2. The smallest absolute Gasteiger partial charge is 0.305 e. The van der Waals surface area contributed by atoms with E-state index in [0.29, 0.717) is 13.0 Å². The van der Waals surface area contributed by atoms with E-state index >= 15 is 0 Å². The number of rotatable bonds is 37. The van der Waals surface area contributed by atoms with E-state index in [1.54, 1.807) is 0 Å². The van der Waals surface area contributed by atoms with Crippen LogP contribution in [-0.2, 0) is 9.53 Å². The Labute approximate surface area is 266 Å². The lowest BCUT2D eigenvalue weighted by Crippen LogP contribution is -2.05. The number of ether oxygens (including phenoxy) is 1. The van der Waals surface area contributed by atoms with Gasteiger partial charge in [-0.1, -0.05) is 226 Å². The van der Waals surface area contributed by atoms with Crippen molar-refractivity contribution in [2.24, 2.45) is 0 Å². The molecule has 0 aromatic rings. The Hall–Kier alpha value is -0.530. The van der Waals surface area contributed by atoms with Crippen LogP contribution in [0.25, 0.3) is 0 Å². The zero-order chi connectivity index (χ0) is 30.4. The van der Waals surface area contributed by atoms with Gasteiger partial charge in [0.05, 0.1) is 6.61 Å². The quantitative estimate of drug-likeness (QED) is 0.0529. The van der Waals surface area contributed by atoms with E-state index < -0.39 is 0 Å². The van der Waals surface area contributed by atoms with Gasteiger partial charge in [-0.15, -0.1) is 0 Å². The Bertz CT molecular complexity index is 488. The maximum atomic E-state index is 12.0. The van der Waals surface area contributed by atoms with Crippen LogP contribution >= 0.6 is 0 Å². The molecule has 0 bridgehead atoms. The van der Waals surface area contributed by atoms with Crippen LogP contribution in [0.5, 0.6) is 0 Å². The summed E-state index contributed by atoms with van der Waals surface area (Å²) in [5.74, 6) is 0.0305. The highest BCUT2D eigenvalue weighted by Gasteiger charge is 2.03. The molecule has 42 heavy (non-hydrogen) atoms. The van der Waals surface area contributed by atoms with Gasteiger partial charge in [0.15, 0.2) is 0 Å². The highest BCUT2D eigenvalue weighted by atomic mass is 16.5. The van der Waals surface area contributed by atoms with Crippen LogP contribution < -0.4 is 0 Å². The summed E-state index contributed by atoms with van der Waals surface area (Å²) in [4.78, 5) is 12.0. The minimum Gasteiger partial charge on any atom is -0.466 e. The molecule has 0 N–H and O–H groups in total. The summed E-state index contributed by atoms with van der Waals surface area (Å²) >= 11 is 0. The third-order valence-corrected chi connectivity index (χ3v) is 9.25. The number of hydrogen-bond donors (Lipinski definition) is 0. The van der Waals surface area contributed by atoms with E-state index in [1.807, 2.05) is 0 Å². The van der Waals surface area contributed by atoms with Crippen molar-refractivity contribution in [1.82, 2.24) is 0 Å². The maximum absolute atomic E-state index is 12.0. The zero-order valence-electron chi connectivity index (χ0n) is 29.5. The molecule has 0 unspecified atom stereocenters. The minimum atomic E-state index is 0.0305. The highest BCUT2D eigenvalue weighted by Crippen LogP contribution is 2.16. The summed E-state index contributed by atoms with van der Waals surface area (Å²) in [6.07, 6.45) is 49.0. The van der Waals surface area contributed by atoms with Gasteiger partial charge in [0, 0.05) is 6.42 Å². The summed E-state index contributed by atoms with van der Waals surface area (Å²) in [5.41, 5.74) is 0. The maximum Gasteiger partial charge on any atom is 0.305 e. The van der Waals surface area contributed by atoms with E-state index in [2.05, 4.69) is 13.8 Å². The first-order valence-corrected chi connectivity index (χ1v) is 20.0. The Balaban J connectivity index is 3.14. The first-order valence-electron chi connectivity index (χ1n) is 20.0. The topological polar surface area (TPSA) is 26.3 Å². The van der Waals surface area contributed by atoms with E-state index in [9.17, 15) is 4.79 Å². The lowest BCUT2D eigenvalue weighted by atomic mass is 10.0. The van der Waals surface area contributed by atoms with Crippen molar-refractivity contribution >= 4 is 5.97 Å². The fourth-order valence-electron chi connectivity index (χ4n) is 6.26. The second-order valence-electron chi connectivity index (χ2n) is 13.6. The van der Waals surface area contributed by atoms with E-state index in [4.69, 9.17) is 4.74 Å². The van der Waals surface area contributed by atoms with Crippen LogP contribution in [0.4, 0.5) is 0 Å². The highest BCUT2D eigenvalue weighted by molar-refractivity contribution is 5.69. The molecule has 252 valence electrons. The van der Waals surface area contributed by atoms with Crippen molar-refractivity contribution < 1.29 is 9.53 Å². The third-order valence-electron chi connectivity index (χ3n) is 9.25. The summed E-state index contributed by atoms with van der Waals surface area (Å²) in [6, 6.07) is 0. The number of unbranched alkanes of at least 4 members (excludes halogenated alkanes) is 33. The average molecular weight is 593 g/mol. The zero-order valence-corrected chi connectivity index (χ0v) is 29.5. The number of carbonyl (C=O) groups is 1. The van der Waals surface area contributed by atoms with Crippen LogP contribution in [-0.4, -0.2) is 12.6 Å². The Morgan fingerprint density at radius 1 is 0.310 bits per heavy atom. The van der Waals surface area contributed by atoms with Gasteiger partial charge in [0.1, 0.15) is 0 Å². The van der Waals surface area contributed by atoms with Gasteiger partial charge in [-0.2, -0.15) is 0 Å². The van der Waals surface area contributed by atoms with Crippen molar-refractivity contribution in [3.05, 3.63) is 0 Å². The molecule has 0 aromatic carbocycles. The molecule has 0 aliphatic heterocycles. The Morgan fingerprint density at radius 3 is 0.786 bits per heavy atom. The van der Waals surface area contributed by atoms with Gasteiger partial charge in [-0.3, -0.25) is 4.79 Å². The number of hydrogen-bond acceptors (Lipinski definition) is 2. The molecule has 0 fully saturated rings. The second-order valence-corrected chi connectivity index (χ2v) is 13.6. The van der Waals surface area contributed by atoms with Crippen LogP contribution in [0.1, 0.15) is 245 Å². The number of carbonyl (C=O) groups excluding carboxylic acids is 1. The SMILES string of the molecule is CCCCCCCCCCCCCCCCCCCCOC(=O)CCCCCCCCCCCCCCCCCCC. The molecule has 2 heteroatoms. The monoisotopic (exact) mass is 593 g/mol. The predicted octanol–water partition coefficient (Wildman–Crippen LogP) is 14.6. The molecule has 0 aromatic heterocycles. The molecule has 0 spiro atoms. The van der Waals surface area contributed by atoms with Gasteiger partial charge >= 0.3 is 5.97 Å². The van der Waals surface area contributed by atoms with Crippen molar-refractivity contribution in [2.45, 2.75) is 245 Å². The molecule has 0 saturated heterocycles. The summed E-state index contributed by atoms with van der Waals surface area (Å²) in [6.45, 7) is 5.23. The van der Waals surface area contributed by atoms with Crippen LogP contribution in [0.2, 0.25) is 0 Å². The molecule has 0 radical (unpaired) electrons. The van der Waals surface area contributed by atoms with Crippen LogP contribution in [0.3, 0.4) is 0 Å². The molecule has 0 saturated carbocycles. The van der Waals surface area contributed by atoms with Gasteiger partial charge in [-0.25, -0.2) is 0 Å². The second kappa shape index (κ2) is 38.5. The molecule has 0 atom stereocenters. The first kappa shape index (κ1) is 41.5. The van der Waals surface area contributed by atoms with Gasteiger partial charge in [0.25, 0.3) is 0 Å². The molecular weight excluding hydrogens is 512 g/mol. The Kier molecular flexibility index (Phi) is 38.0. The average Bonchev–Trinajstić information content (AvgIpc) is 3.00. The van der Waals surface area contributed by atoms with Gasteiger partial charge in [-0.05, 0) is 12.8 Å². The minimum absolute atomic E-state index is 0.0305. The standard InChI is InChI=1S/C40H80O2/c1-3-5-7-9-11-13-15-17-19-21-23-25-27-29-31-33-35-37-39-42-40(41)38-36-34-32-30-28-26-24-22-20-18-16-14-12-10-8-6-4-2/h3-39H2,1-2H3. The predicted molar refractivity (Wildman–Crippen MR) is 189 cm³/mol. The van der Waals surface area contributed by atoms with Gasteiger partial charge < -0.3 is 4.74 Å². The fraction of sp³-hybridized carbons (Fsp3) is 0.975. The lowest BCUT2D eigenvalue weighted by Gasteiger charge is -2.06. The van der Waals surface area contributed by atoms with E-state index in [1.165, 1.54) is 212 Å². The van der Waals surface area contributed by atoms with Crippen LogP contribution in [0.15, 0.2) is 0 Å². The van der Waals surface area contributed by atoms with E-state index in [-0.39, 0.29) is 5.97 Å². The molecule has 2 nitrogen and oxygen atoms in total. The van der Waals surface area contributed by atoms with Crippen molar-refractivity contribution in [2.75, 3.05) is 6.61 Å². The number of esters is 1. The van der Waals surface area contributed by atoms with Crippen molar-refractivity contribution in [3.63, 3.8) is 0 Å². The van der Waals surface area contributed by atoms with Crippen LogP contribution in [0, 0.1) is 0 Å². The molecule has 0 amide bonds. The normalized spacial score (nSPS) is 11.4. The molecule has 0 aliphatic carbocycles. The van der Waals surface area contributed by atoms with Gasteiger partial charge in [0.2, 0.25) is 0 Å². The van der Waals surface area contributed by atoms with Crippen molar-refractivity contribution in [1.29, 1.82) is 0 Å². The third kappa shape index (κ3) is 37.5. The lowest BCUT2D eigenvalue weighted by molar-refractivity contribution is -0.143. The fourth-order valence-corrected chi connectivity index (χ4v) is 6.26. The largest absolute Gasteiger partial charge is 0.466 e. The summed E-state index contributed by atoms with van der Waals surface area (Å²) in [5, 5.41) is 0. The first-order chi connectivity index (χ1) is 20.8. The molecule has 0 heterocycles. The summed E-state index contributed by atoms with van der Waals surface area (Å²) in [7, 11) is 0. The Morgan fingerprint density at radius 2 is 0.524 bits per heavy atom. The molecule has 0 rings (SSSR count). The molecule has 0 aliphatic rings. The summed E-state index contributed by atoms with van der Waals surface area (Å²) < 4.78 is 5.46.